The van der Waals surface area contributed by atoms with Crippen molar-refractivity contribution in [1.29, 1.82) is 0 Å². The molecule has 0 spiro atoms. The molecule has 0 radical (unpaired) electrons. The molecule has 0 aliphatic carbocycles. The van der Waals surface area contributed by atoms with Gasteiger partial charge in [-0.2, -0.15) is 4.31 Å². The van der Waals surface area contributed by atoms with Crippen LogP contribution in [0.5, 0.6) is 0 Å². The molecule has 2 aromatic carbocycles. The normalized spacial score (nSPS) is 15.7. The van der Waals surface area contributed by atoms with Crippen molar-refractivity contribution in [3.05, 3.63) is 70.2 Å². The lowest BCUT2D eigenvalue weighted by atomic mass is 10.1. The fourth-order valence-corrected chi connectivity index (χ4v) is 4.96. The number of hydrogen-bond donors (Lipinski definition) is 0. The van der Waals surface area contributed by atoms with E-state index in [9.17, 15) is 18.0 Å². The molecule has 0 unspecified atom stereocenters. The molecule has 1 fully saturated rings. The molecule has 0 saturated carbocycles. The van der Waals surface area contributed by atoms with Crippen molar-refractivity contribution < 1.29 is 17.6 Å². The molecule has 2 heterocycles. The molecule has 1 aromatic heterocycles. The lowest BCUT2D eigenvalue weighted by molar-refractivity contribution is -0.127. The van der Waals surface area contributed by atoms with Crippen LogP contribution in [-0.4, -0.2) is 54.3 Å². The molecule has 0 N–H and O–H groups in total. The number of oxazole rings is 1. The lowest BCUT2D eigenvalue weighted by Gasteiger charge is -2.33. The zero-order valence-electron chi connectivity index (χ0n) is 17.3. The van der Waals surface area contributed by atoms with Crippen LogP contribution in [0.2, 0.25) is 0 Å². The molecule has 31 heavy (non-hydrogen) atoms. The molecule has 4 rings (SSSR count). The topological polar surface area (TPSA) is 92.8 Å². The predicted molar refractivity (Wildman–Crippen MR) is 117 cm³/mol. The summed E-state index contributed by atoms with van der Waals surface area (Å²) in [5, 5.41) is 0. The molecule has 1 saturated heterocycles. The summed E-state index contributed by atoms with van der Waals surface area (Å²) < 4.78 is 33.8. The third-order valence-corrected chi connectivity index (χ3v) is 7.34. The molecule has 8 nitrogen and oxygen atoms in total. The average molecular weight is 442 g/mol. The maximum Gasteiger partial charge on any atom is 0.419 e. The number of benzene rings is 2. The van der Waals surface area contributed by atoms with Crippen molar-refractivity contribution in [3.63, 3.8) is 0 Å². The number of fused-ring (bicyclic) bond motifs is 1. The zero-order valence-corrected chi connectivity index (χ0v) is 18.1. The molecule has 1 amide bonds. The molecule has 0 atom stereocenters. The smallest absolute Gasteiger partial charge is 0.408 e. The summed E-state index contributed by atoms with van der Waals surface area (Å²) in [5.41, 5.74) is 2.83. The van der Waals surface area contributed by atoms with Gasteiger partial charge >= 0.3 is 5.76 Å². The number of nitrogens with zero attached hydrogens (tertiary/aromatic N) is 3. The van der Waals surface area contributed by atoms with Gasteiger partial charge in [0.15, 0.2) is 5.58 Å². The van der Waals surface area contributed by atoms with Crippen LogP contribution >= 0.6 is 0 Å². The number of rotatable bonds is 4. The van der Waals surface area contributed by atoms with Crippen molar-refractivity contribution in [2.45, 2.75) is 11.8 Å². The van der Waals surface area contributed by atoms with Gasteiger partial charge in [-0.1, -0.05) is 29.8 Å². The van der Waals surface area contributed by atoms with E-state index < -0.39 is 15.8 Å². The van der Waals surface area contributed by atoms with Crippen molar-refractivity contribution in [1.82, 2.24) is 13.8 Å². The molecule has 9 heteroatoms. The van der Waals surface area contributed by atoms with E-state index in [1.807, 2.05) is 31.2 Å². The Labute approximate surface area is 180 Å². The van der Waals surface area contributed by atoms with Crippen LogP contribution in [-0.2, 0) is 21.9 Å². The van der Waals surface area contributed by atoms with E-state index in [0.29, 0.717) is 18.6 Å². The highest BCUT2D eigenvalue weighted by Crippen LogP contribution is 2.22. The lowest BCUT2D eigenvalue weighted by Crippen LogP contribution is -2.50. The standard InChI is InChI=1S/C22H23N3O5S/c1-16-3-5-17(6-4-16)7-10-21(26)24-11-13-25(14-12-24)31(28,29)18-8-9-19-20(15-18)30-22(27)23(19)2/h3-10,15H,11-14H2,1-2H3. The summed E-state index contributed by atoms with van der Waals surface area (Å²) in [6, 6.07) is 12.2. The quantitative estimate of drug-likeness (QED) is 0.578. The minimum atomic E-state index is -3.76. The van der Waals surface area contributed by atoms with Crippen LogP contribution in [0.25, 0.3) is 17.2 Å². The number of aryl methyl sites for hydroxylation is 2. The molecular weight excluding hydrogens is 418 g/mol. The van der Waals surface area contributed by atoms with Crippen molar-refractivity contribution in [3.8, 4) is 0 Å². The number of aromatic nitrogens is 1. The maximum atomic E-state index is 13.0. The van der Waals surface area contributed by atoms with Crippen LogP contribution in [0.4, 0.5) is 0 Å². The van der Waals surface area contributed by atoms with E-state index in [0.717, 1.165) is 11.1 Å². The fourth-order valence-electron chi connectivity index (χ4n) is 3.52. The van der Waals surface area contributed by atoms with E-state index in [-0.39, 0.29) is 29.5 Å². The SMILES string of the molecule is Cc1ccc(C=CC(=O)N2CCN(S(=O)(=O)c3ccc4c(c3)oc(=O)n4C)CC2)cc1. The highest BCUT2D eigenvalue weighted by Gasteiger charge is 2.30. The largest absolute Gasteiger partial charge is 0.419 e. The van der Waals surface area contributed by atoms with Gasteiger partial charge in [0.25, 0.3) is 0 Å². The number of sulfonamides is 1. The Kier molecular flexibility index (Phi) is 5.55. The van der Waals surface area contributed by atoms with Crippen LogP contribution in [0, 0.1) is 6.92 Å². The van der Waals surface area contributed by atoms with E-state index in [4.69, 9.17) is 4.42 Å². The number of carbonyl (C=O) groups excluding carboxylic acids is 1. The number of carbonyl (C=O) groups is 1. The van der Waals surface area contributed by atoms with Gasteiger partial charge < -0.3 is 9.32 Å². The second-order valence-corrected chi connectivity index (χ2v) is 9.47. The Bertz CT molecular complexity index is 1310. The first-order valence-electron chi connectivity index (χ1n) is 9.89. The second kappa shape index (κ2) is 8.16. The molecule has 3 aromatic rings. The molecule has 0 bridgehead atoms. The van der Waals surface area contributed by atoms with Gasteiger partial charge in [0, 0.05) is 45.4 Å². The maximum absolute atomic E-state index is 13.0. The predicted octanol–water partition coefficient (Wildman–Crippen LogP) is 1.99. The van der Waals surface area contributed by atoms with Gasteiger partial charge in [0.05, 0.1) is 10.4 Å². The summed E-state index contributed by atoms with van der Waals surface area (Å²) in [5.74, 6) is -0.694. The van der Waals surface area contributed by atoms with Crippen LogP contribution in [0.3, 0.4) is 0 Å². The monoisotopic (exact) mass is 441 g/mol. The number of amides is 1. The second-order valence-electron chi connectivity index (χ2n) is 7.53. The highest BCUT2D eigenvalue weighted by molar-refractivity contribution is 7.89. The van der Waals surface area contributed by atoms with Crippen molar-refractivity contribution in [2.24, 2.45) is 7.05 Å². The molecular formula is C22H23N3O5S. The Balaban J connectivity index is 1.43. The van der Waals surface area contributed by atoms with Crippen LogP contribution < -0.4 is 5.76 Å². The van der Waals surface area contributed by atoms with E-state index in [1.165, 1.54) is 27.1 Å². The minimum Gasteiger partial charge on any atom is -0.408 e. The number of hydrogen-bond acceptors (Lipinski definition) is 5. The van der Waals surface area contributed by atoms with Gasteiger partial charge in [-0.25, -0.2) is 13.2 Å². The molecule has 1 aliphatic rings. The van der Waals surface area contributed by atoms with E-state index >= 15 is 0 Å². The Morgan fingerprint density at radius 2 is 1.71 bits per heavy atom. The van der Waals surface area contributed by atoms with E-state index in [1.54, 1.807) is 24.1 Å². The summed E-state index contributed by atoms with van der Waals surface area (Å²) in [4.78, 5) is 25.8. The summed E-state index contributed by atoms with van der Waals surface area (Å²) in [6.07, 6.45) is 3.27. The van der Waals surface area contributed by atoms with Crippen LogP contribution in [0.15, 0.2) is 62.6 Å². The van der Waals surface area contributed by atoms with Gasteiger partial charge in [-0.3, -0.25) is 9.36 Å². The van der Waals surface area contributed by atoms with E-state index in [2.05, 4.69) is 0 Å². The number of piperazine rings is 1. The highest BCUT2D eigenvalue weighted by atomic mass is 32.2. The minimum absolute atomic E-state index is 0.0633. The summed E-state index contributed by atoms with van der Waals surface area (Å²) in [7, 11) is -2.20. The van der Waals surface area contributed by atoms with Gasteiger partial charge in [0.1, 0.15) is 0 Å². The Morgan fingerprint density at radius 3 is 2.39 bits per heavy atom. The third kappa shape index (κ3) is 4.19. The summed E-state index contributed by atoms with van der Waals surface area (Å²) >= 11 is 0. The Morgan fingerprint density at radius 1 is 1.03 bits per heavy atom. The molecule has 1 aliphatic heterocycles. The fraction of sp³-hybridized carbons (Fsp3) is 0.273. The first-order valence-corrected chi connectivity index (χ1v) is 11.3. The van der Waals surface area contributed by atoms with Gasteiger partial charge in [-0.05, 0) is 30.7 Å². The van der Waals surface area contributed by atoms with Crippen LogP contribution in [0.1, 0.15) is 11.1 Å². The van der Waals surface area contributed by atoms with Crippen molar-refractivity contribution >= 4 is 33.1 Å². The first-order chi connectivity index (χ1) is 14.8. The first kappa shape index (κ1) is 21.1. The Hall–Kier alpha value is -3.17. The average Bonchev–Trinajstić information content (AvgIpc) is 3.06. The van der Waals surface area contributed by atoms with Crippen molar-refractivity contribution in [2.75, 3.05) is 26.2 Å². The summed E-state index contributed by atoms with van der Waals surface area (Å²) in [6.45, 7) is 3.00. The van der Waals surface area contributed by atoms with Gasteiger partial charge in [-0.15, -0.1) is 0 Å². The molecule has 162 valence electrons. The third-order valence-electron chi connectivity index (χ3n) is 5.45. The van der Waals surface area contributed by atoms with Gasteiger partial charge in [0.2, 0.25) is 15.9 Å². The zero-order chi connectivity index (χ0) is 22.2.